The second-order valence-electron chi connectivity index (χ2n) is 7.26. The first-order valence-electron chi connectivity index (χ1n) is 9.68. The Balaban J connectivity index is 1.47. The van der Waals surface area contributed by atoms with E-state index in [1.165, 1.54) is 32.7 Å². The van der Waals surface area contributed by atoms with Gasteiger partial charge in [0.1, 0.15) is 0 Å². The molecule has 1 N–H and O–H groups in total. The highest BCUT2D eigenvalue weighted by atomic mass is 32.2. The van der Waals surface area contributed by atoms with Crippen LogP contribution in [0.3, 0.4) is 0 Å². The normalized spacial score (nSPS) is 16.3. The summed E-state index contributed by atoms with van der Waals surface area (Å²) in [6, 6.07) is 22.8. The fraction of sp³-hybridized carbons (Fsp3) is 0.120. The zero-order chi connectivity index (χ0) is 21.1. The van der Waals surface area contributed by atoms with Gasteiger partial charge in [0.15, 0.2) is 5.17 Å². The predicted octanol–water partition coefficient (Wildman–Crippen LogP) is 6.65. The molecule has 1 fully saturated rings. The average molecular weight is 431 g/mol. The summed E-state index contributed by atoms with van der Waals surface area (Å²) in [5.74, 6) is -0.110. The fourth-order valence-electron chi connectivity index (χ4n) is 3.05. The number of amidine groups is 1. The monoisotopic (exact) mass is 430 g/mol. The van der Waals surface area contributed by atoms with Gasteiger partial charge in [0, 0.05) is 9.79 Å². The van der Waals surface area contributed by atoms with Gasteiger partial charge in [0.05, 0.1) is 10.6 Å². The van der Waals surface area contributed by atoms with Crippen LogP contribution in [0.1, 0.15) is 22.3 Å². The average Bonchev–Trinajstić information content (AvgIpc) is 3.06. The van der Waals surface area contributed by atoms with E-state index in [1.807, 2.05) is 37.3 Å². The standard InChI is InChI=1S/C25H22N2OS2/c1-16-4-9-20(10-5-16)29-21-11-7-19(8-12-21)15-23-24(28)27-25(30-23)26-22-13-6-17(2)14-18(22)3/h4-15H,1-3H3,(H,26,27,28)/b23-15-. The van der Waals surface area contributed by atoms with Crippen molar-refractivity contribution >= 4 is 46.4 Å². The first-order valence-corrected chi connectivity index (χ1v) is 11.3. The van der Waals surface area contributed by atoms with E-state index in [1.54, 1.807) is 11.8 Å². The van der Waals surface area contributed by atoms with E-state index in [9.17, 15) is 4.79 Å². The first kappa shape index (κ1) is 20.5. The van der Waals surface area contributed by atoms with E-state index in [4.69, 9.17) is 0 Å². The quantitative estimate of drug-likeness (QED) is 0.471. The van der Waals surface area contributed by atoms with Gasteiger partial charge in [-0.1, -0.05) is 59.3 Å². The van der Waals surface area contributed by atoms with Crippen LogP contribution < -0.4 is 5.32 Å². The SMILES string of the molecule is Cc1ccc(Sc2ccc(/C=C3\SC(=Nc4ccc(C)cc4C)NC3=O)cc2)cc1. The molecule has 4 rings (SSSR count). The summed E-state index contributed by atoms with van der Waals surface area (Å²) in [6.45, 7) is 6.17. The lowest BCUT2D eigenvalue weighted by Crippen LogP contribution is -2.19. The van der Waals surface area contributed by atoms with Crippen molar-refractivity contribution in [1.29, 1.82) is 0 Å². The van der Waals surface area contributed by atoms with Gasteiger partial charge in [-0.3, -0.25) is 4.79 Å². The van der Waals surface area contributed by atoms with Crippen LogP contribution in [0.2, 0.25) is 0 Å². The van der Waals surface area contributed by atoms with E-state index < -0.39 is 0 Å². The number of rotatable bonds is 4. The summed E-state index contributed by atoms with van der Waals surface area (Å²) in [5, 5.41) is 3.48. The number of aliphatic imine (C=N–C) groups is 1. The first-order chi connectivity index (χ1) is 14.5. The zero-order valence-corrected chi connectivity index (χ0v) is 18.7. The molecule has 1 heterocycles. The maximum Gasteiger partial charge on any atom is 0.264 e. The number of aryl methyl sites for hydroxylation is 3. The van der Waals surface area contributed by atoms with Crippen LogP contribution in [0.5, 0.6) is 0 Å². The second-order valence-corrected chi connectivity index (χ2v) is 9.43. The van der Waals surface area contributed by atoms with Gasteiger partial charge in [-0.05, 0) is 80.1 Å². The summed E-state index contributed by atoms with van der Waals surface area (Å²) in [7, 11) is 0. The highest BCUT2D eigenvalue weighted by molar-refractivity contribution is 8.18. The largest absolute Gasteiger partial charge is 0.300 e. The third kappa shape index (κ3) is 5.04. The van der Waals surface area contributed by atoms with Gasteiger partial charge in [0.2, 0.25) is 0 Å². The van der Waals surface area contributed by atoms with Gasteiger partial charge in [-0.2, -0.15) is 0 Å². The Kier molecular flexibility index (Phi) is 6.11. The highest BCUT2D eigenvalue weighted by Gasteiger charge is 2.23. The van der Waals surface area contributed by atoms with E-state index in [2.05, 4.69) is 66.6 Å². The number of thioether (sulfide) groups is 1. The van der Waals surface area contributed by atoms with Gasteiger partial charge < -0.3 is 5.32 Å². The third-order valence-electron chi connectivity index (χ3n) is 4.66. The molecule has 0 atom stereocenters. The van der Waals surface area contributed by atoms with Crippen LogP contribution in [-0.4, -0.2) is 11.1 Å². The molecule has 1 aliphatic rings. The predicted molar refractivity (Wildman–Crippen MR) is 128 cm³/mol. The molecule has 1 amide bonds. The molecule has 0 radical (unpaired) electrons. The number of nitrogens with zero attached hydrogens (tertiary/aromatic N) is 1. The van der Waals surface area contributed by atoms with Crippen molar-refractivity contribution in [2.75, 3.05) is 0 Å². The Labute approximate surface area is 185 Å². The van der Waals surface area contributed by atoms with E-state index in [0.29, 0.717) is 10.1 Å². The molecule has 1 saturated heterocycles. The topological polar surface area (TPSA) is 41.5 Å². The lowest BCUT2D eigenvalue weighted by Gasteiger charge is -2.03. The van der Waals surface area contributed by atoms with Crippen molar-refractivity contribution in [2.45, 2.75) is 30.6 Å². The van der Waals surface area contributed by atoms with Crippen LogP contribution in [0.4, 0.5) is 5.69 Å². The van der Waals surface area contributed by atoms with Gasteiger partial charge in [0.25, 0.3) is 5.91 Å². The number of benzene rings is 3. The molecule has 5 heteroatoms. The van der Waals surface area contributed by atoms with Crippen molar-refractivity contribution in [2.24, 2.45) is 4.99 Å². The number of nitrogens with one attached hydrogen (secondary N) is 1. The van der Waals surface area contributed by atoms with Crippen LogP contribution in [0, 0.1) is 20.8 Å². The molecule has 0 bridgehead atoms. The van der Waals surface area contributed by atoms with Crippen molar-refractivity contribution in [1.82, 2.24) is 5.32 Å². The van der Waals surface area contributed by atoms with Gasteiger partial charge in [-0.25, -0.2) is 4.99 Å². The van der Waals surface area contributed by atoms with E-state index in [0.717, 1.165) is 16.8 Å². The minimum Gasteiger partial charge on any atom is -0.300 e. The van der Waals surface area contributed by atoms with Crippen LogP contribution in [0.25, 0.3) is 6.08 Å². The summed E-state index contributed by atoms with van der Waals surface area (Å²) in [5.41, 5.74) is 5.42. The third-order valence-corrected chi connectivity index (χ3v) is 6.59. The minimum atomic E-state index is -0.110. The minimum absolute atomic E-state index is 0.110. The highest BCUT2D eigenvalue weighted by Crippen LogP contribution is 2.31. The maximum atomic E-state index is 12.4. The molecule has 30 heavy (non-hydrogen) atoms. The molecule has 0 aliphatic carbocycles. The molecule has 150 valence electrons. The molecule has 3 aromatic carbocycles. The molecule has 0 unspecified atom stereocenters. The Morgan fingerprint density at radius 1 is 0.867 bits per heavy atom. The van der Waals surface area contributed by atoms with Gasteiger partial charge in [-0.15, -0.1) is 0 Å². The lowest BCUT2D eigenvalue weighted by molar-refractivity contribution is -0.115. The Morgan fingerprint density at radius 2 is 1.50 bits per heavy atom. The van der Waals surface area contributed by atoms with Gasteiger partial charge >= 0.3 is 0 Å². The molecule has 3 aromatic rings. The number of hydrogen-bond acceptors (Lipinski definition) is 4. The maximum absolute atomic E-state index is 12.4. The number of carbonyl (C=O) groups is 1. The van der Waals surface area contributed by atoms with E-state index >= 15 is 0 Å². The molecule has 0 spiro atoms. The smallest absolute Gasteiger partial charge is 0.264 e. The molecule has 1 aliphatic heterocycles. The van der Waals surface area contributed by atoms with Crippen LogP contribution in [-0.2, 0) is 4.79 Å². The summed E-state index contributed by atoms with van der Waals surface area (Å²) < 4.78 is 0. The van der Waals surface area contributed by atoms with Crippen LogP contribution in [0.15, 0.2) is 86.4 Å². The van der Waals surface area contributed by atoms with Crippen LogP contribution >= 0.6 is 23.5 Å². The molecular weight excluding hydrogens is 408 g/mol. The summed E-state index contributed by atoms with van der Waals surface area (Å²) in [6.07, 6.45) is 1.91. The molecular formula is C25H22N2OS2. The summed E-state index contributed by atoms with van der Waals surface area (Å²) >= 11 is 3.10. The van der Waals surface area contributed by atoms with Crippen molar-refractivity contribution in [3.05, 3.63) is 93.9 Å². The van der Waals surface area contributed by atoms with Crippen molar-refractivity contribution in [3.8, 4) is 0 Å². The second kappa shape index (κ2) is 8.94. The summed E-state index contributed by atoms with van der Waals surface area (Å²) in [4.78, 5) is 20.0. The number of hydrogen-bond donors (Lipinski definition) is 1. The number of amides is 1. The molecule has 0 saturated carbocycles. The fourth-order valence-corrected chi connectivity index (χ4v) is 4.70. The Hall–Kier alpha value is -2.76. The molecule has 0 aromatic heterocycles. The number of carbonyl (C=O) groups excluding carboxylic acids is 1. The van der Waals surface area contributed by atoms with Crippen molar-refractivity contribution < 1.29 is 4.79 Å². The van der Waals surface area contributed by atoms with E-state index in [-0.39, 0.29) is 5.91 Å². The Morgan fingerprint density at radius 3 is 2.17 bits per heavy atom. The zero-order valence-electron chi connectivity index (χ0n) is 17.1. The van der Waals surface area contributed by atoms with Crippen molar-refractivity contribution in [3.63, 3.8) is 0 Å². The lowest BCUT2D eigenvalue weighted by atomic mass is 10.1. The molecule has 3 nitrogen and oxygen atoms in total. The Bertz CT molecular complexity index is 1150.